The fourth-order valence-corrected chi connectivity index (χ4v) is 3.18. The Morgan fingerprint density at radius 1 is 1.17 bits per heavy atom. The molecule has 0 spiro atoms. The number of amides is 1. The molecule has 1 amide bonds. The minimum atomic E-state index is -0.389. The van der Waals surface area contributed by atoms with Crippen LogP contribution in [0.25, 0.3) is 0 Å². The van der Waals surface area contributed by atoms with Gasteiger partial charge in [0.05, 0.1) is 18.1 Å². The van der Waals surface area contributed by atoms with E-state index in [1.165, 1.54) is 6.07 Å². The van der Waals surface area contributed by atoms with Gasteiger partial charge in [-0.25, -0.2) is 0 Å². The van der Waals surface area contributed by atoms with E-state index in [1.807, 2.05) is 0 Å². The number of morpholine rings is 1. The summed E-state index contributed by atoms with van der Waals surface area (Å²) < 4.78 is 5.33. The van der Waals surface area contributed by atoms with Gasteiger partial charge < -0.3 is 9.64 Å². The first-order chi connectivity index (χ1) is 11.1. The van der Waals surface area contributed by atoms with E-state index in [9.17, 15) is 14.9 Å². The largest absolute Gasteiger partial charge is 0.379 e. The summed E-state index contributed by atoms with van der Waals surface area (Å²) in [6, 6.07) is 4.78. The van der Waals surface area contributed by atoms with Crippen molar-refractivity contribution in [2.24, 2.45) is 0 Å². The second kappa shape index (κ2) is 7.06. The summed E-state index contributed by atoms with van der Waals surface area (Å²) >= 11 is 0. The van der Waals surface area contributed by atoms with Gasteiger partial charge in [0, 0.05) is 50.4 Å². The van der Waals surface area contributed by atoms with Crippen LogP contribution >= 0.6 is 0 Å². The minimum Gasteiger partial charge on any atom is -0.379 e. The number of aryl methyl sites for hydroxylation is 1. The fourth-order valence-electron chi connectivity index (χ4n) is 3.18. The van der Waals surface area contributed by atoms with Crippen molar-refractivity contribution in [3.05, 3.63) is 33.9 Å². The van der Waals surface area contributed by atoms with Crippen LogP contribution in [0.15, 0.2) is 18.2 Å². The SMILES string of the molecule is O=C1CCc2cc([N+](=O)[O-])ccc2N1CCCN1CCOCC1. The highest BCUT2D eigenvalue weighted by atomic mass is 16.6. The number of benzene rings is 1. The standard InChI is InChI=1S/C16H21N3O4/c20-16-5-2-13-12-14(19(21)22)3-4-15(13)18(16)7-1-6-17-8-10-23-11-9-17/h3-4,12H,1-2,5-11H2. The van der Waals surface area contributed by atoms with Crippen LogP contribution in [0.3, 0.4) is 0 Å². The Bertz CT molecular complexity index is 599. The van der Waals surface area contributed by atoms with Gasteiger partial charge in [0.2, 0.25) is 5.91 Å². The maximum atomic E-state index is 12.2. The Balaban J connectivity index is 1.65. The highest BCUT2D eigenvalue weighted by Gasteiger charge is 2.25. The molecule has 7 heteroatoms. The first-order valence-electron chi connectivity index (χ1n) is 8.03. The summed E-state index contributed by atoms with van der Waals surface area (Å²) in [5, 5.41) is 10.9. The van der Waals surface area contributed by atoms with E-state index in [4.69, 9.17) is 4.74 Å². The molecule has 23 heavy (non-hydrogen) atoms. The average molecular weight is 319 g/mol. The summed E-state index contributed by atoms with van der Waals surface area (Å²) in [5.41, 5.74) is 1.81. The topological polar surface area (TPSA) is 75.9 Å². The third-order valence-corrected chi connectivity index (χ3v) is 4.43. The quantitative estimate of drug-likeness (QED) is 0.608. The van der Waals surface area contributed by atoms with Gasteiger partial charge >= 0.3 is 0 Å². The molecule has 7 nitrogen and oxygen atoms in total. The molecule has 3 rings (SSSR count). The zero-order chi connectivity index (χ0) is 16.2. The molecule has 0 bridgehead atoms. The Hall–Kier alpha value is -1.99. The number of hydrogen-bond acceptors (Lipinski definition) is 5. The van der Waals surface area contributed by atoms with E-state index in [-0.39, 0.29) is 16.5 Å². The predicted octanol–water partition coefficient (Wildman–Crippen LogP) is 1.60. The van der Waals surface area contributed by atoms with Gasteiger partial charge in [-0.3, -0.25) is 19.8 Å². The van der Waals surface area contributed by atoms with Crippen molar-refractivity contribution >= 4 is 17.3 Å². The number of hydrogen-bond donors (Lipinski definition) is 0. The van der Waals surface area contributed by atoms with Gasteiger partial charge in [0.25, 0.3) is 5.69 Å². The van der Waals surface area contributed by atoms with Gasteiger partial charge in [-0.2, -0.15) is 0 Å². The lowest BCUT2D eigenvalue weighted by atomic mass is 10.00. The fraction of sp³-hybridized carbons (Fsp3) is 0.562. The zero-order valence-electron chi connectivity index (χ0n) is 13.1. The number of ether oxygens (including phenoxy) is 1. The summed E-state index contributed by atoms with van der Waals surface area (Å²) in [6.45, 7) is 5.02. The Morgan fingerprint density at radius 3 is 2.70 bits per heavy atom. The van der Waals surface area contributed by atoms with Crippen LogP contribution in [-0.4, -0.2) is 55.1 Å². The summed E-state index contributed by atoms with van der Waals surface area (Å²) in [7, 11) is 0. The number of fused-ring (bicyclic) bond motifs is 1. The lowest BCUT2D eigenvalue weighted by molar-refractivity contribution is -0.384. The predicted molar refractivity (Wildman–Crippen MR) is 85.6 cm³/mol. The van der Waals surface area contributed by atoms with Gasteiger partial charge in [-0.1, -0.05) is 0 Å². The molecule has 0 atom stereocenters. The van der Waals surface area contributed by atoms with Crippen molar-refractivity contribution in [3.8, 4) is 0 Å². The monoisotopic (exact) mass is 319 g/mol. The number of non-ortho nitro benzene ring substituents is 1. The number of nitrogens with zero attached hydrogens (tertiary/aromatic N) is 3. The molecule has 0 aliphatic carbocycles. The normalized spacial score (nSPS) is 18.8. The zero-order valence-corrected chi connectivity index (χ0v) is 13.1. The molecule has 0 saturated carbocycles. The molecule has 124 valence electrons. The first-order valence-corrected chi connectivity index (χ1v) is 8.03. The van der Waals surface area contributed by atoms with Crippen LogP contribution in [0.4, 0.5) is 11.4 Å². The number of nitro benzene ring substituents is 1. The van der Waals surface area contributed by atoms with Crippen LogP contribution in [-0.2, 0) is 16.0 Å². The highest BCUT2D eigenvalue weighted by molar-refractivity contribution is 5.96. The molecule has 1 saturated heterocycles. The summed E-state index contributed by atoms with van der Waals surface area (Å²) in [4.78, 5) is 26.8. The first kappa shape index (κ1) is 15.9. The van der Waals surface area contributed by atoms with Gasteiger partial charge in [-0.05, 0) is 24.5 Å². The van der Waals surface area contributed by atoms with Crippen molar-refractivity contribution in [2.45, 2.75) is 19.3 Å². The molecule has 0 radical (unpaired) electrons. The Kier molecular flexibility index (Phi) is 4.88. The van der Waals surface area contributed by atoms with E-state index in [1.54, 1.807) is 17.0 Å². The molecule has 2 heterocycles. The molecular weight excluding hydrogens is 298 g/mol. The molecular formula is C16H21N3O4. The number of nitro groups is 1. The van der Waals surface area contributed by atoms with Crippen molar-refractivity contribution in [1.29, 1.82) is 0 Å². The smallest absolute Gasteiger partial charge is 0.269 e. The van der Waals surface area contributed by atoms with Crippen LogP contribution in [0, 0.1) is 10.1 Å². The van der Waals surface area contributed by atoms with Crippen molar-refractivity contribution in [2.75, 3.05) is 44.3 Å². The van der Waals surface area contributed by atoms with E-state index >= 15 is 0 Å². The van der Waals surface area contributed by atoms with Gasteiger partial charge in [-0.15, -0.1) is 0 Å². The summed E-state index contributed by atoms with van der Waals surface area (Å²) in [5.74, 6) is 0.105. The molecule has 1 aromatic carbocycles. The van der Waals surface area contributed by atoms with E-state index in [2.05, 4.69) is 4.90 Å². The molecule has 1 fully saturated rings. The van der Waals surface area contributed by atoms with Gasteiger partial charge in [0.15, 0.2) is 0 Å². The Morgan fingerprint density at radius 2 is 1.96 bits per heavy atom. The lowest BCUT2D eigenvalue weighted by Gasteiger charge is -2.31. The van der Waals surface area contributed by atoms with Crippen molar-refractivity contribution in [1.82, 2.24) is 4.90 Å². The third-order valence-electron chi connectivity index (χ3n) is 4.43. The van der Waals surface area contributed by atoms with Crippen LogP contribution < -0.4 is 4.90 Å². The van der Waals surface area contributed by atoms with Crippen LogP contribution in [0.1, 0.15) is 18.4 Å². The third kappa shape index (κ3) is 3.68. The van der Waals surface area contributed by atoms with E-state index in [0.29, 0.717) is 19.4 Å². The Labute approximate surface area is 135 Å². The molecule has 1 aromatic rings. The highest BCUT2D eigenvalue weighted by Crippen LogP contribution is 2.31. The molecule has 0 N–H and O–H groups in total. The molecule has 2 aliphatic heterocycles. The molecule has 0 unspecified atom stereocenters. The lowest BCUT2D eigenvalue weighted by Crippen LogP contribution is -2.40. The van der Waals surface area contributed by atoms with E-state index in [0.717, 1.165) is 50.5 Å². The molecule has 2 aliphatic rings. The minimum absolute atomic E-state index is 0.0892. The number of rotatable bonds is 5. The van der Waals surface area contributed by atoms with Crippen molar-refractivity contribution in [3.63, 3.8) is 0 Å². The number of carbonyl (C=O) groups excluding carboxylic acids is 1. The second-order valence-electron chi connectivity index (χ2n) is 5.92. The average Bonchev–Trinajstić information content (AvgIpc) is 2.57. The maximum absolute atomic E-state index is 12.2. The summed E-state index contributed by atoms with van der Waals surface area (Å²) in [6.07, 6.45) is 1.89. The molecule has 0 aromatic heterocycles. The van der Waals surface area contributed by atoms with Crippen molar-refractivity contribution < 1.29 is 14.5 Å². The number of anilines is 1. The van der Waals surface area contributed by atoms with E-state index < -0.39 is 0 Å². The second-order valence-corrected chi connectivity index (χ2v) is 5.92. The van der Waals surface area contributed by atoms with Gasteiger partial charge in [0.1, 0.15) is 0 Å². The van der Waals surface area contributed by atoms with Crippen LogP contribution in [0.5, 0.6) is 0 Å². The number of carbonyl (C=O) groups is 1. The van der Waals surface area contributed by atoms with Crippen LogP contribution in [0.2, 0.25) is 0 Å². The maximum Gasteiger partial charge on any atom is 0.269 e.